The van der Waals surface area contributed by atoms with Crippen molar-refractivity contribution in [3.63, 3.8) is 0 Å². The summed E-state index contributed by atoms with van der Waals surface area (Å²) in [5.41, 5.74) is 1.41. The maximum Gasteiger partial charge on any atom is 0.238 e. The summed E-state index contributed by atoms with van der Waals surface area (Å²) in [5.74, 6) is 1.78. The lowest BCUT2D eigenvalue weighted by molar-refractivity contribution is -0.117. The number of rotatable bonds is 9. The summed E-state index contributed by atoms with van der Waals surface area (Å²) in [6.07, 6.45) is 0. The molecule has 2 aromatic carbocycles. The monoisotopic (exact) mass is 461 g/mol. The number of methoxy groups -OCH3 is 2. The van der Waals surface area contributed by atoms with Crippen LogP contribution in [0.15, 0.2) is 42.5 Å². The number of likely N-dealkylation sites (N-methyl/N-ethyl adjacent to an activating group) is 1. The third kappa shape index (κ3) is 5.84. The van der Waals surface area contributed by atoms with Gasteiger partial charge in [0.05, 0.1) is 33.0 Å². The molecule has 1 amide bonds. The van der Waals surface area contributed by atoms with Gasteiger partial charge in [-0.1, -0.05) is 18.5 Å². The minimum absolute atomic E-state index is 0.130. The van der Waals surface area contributed by atoms with Gasteiger partial charge in [-0.3, -0.25) is 14.8 Å². The number of nitrogens with one attached hydrogen (secondary N) is 2. The van der Waals surface area contributed by atoms with E-state index < -0.39 is 0 Å². The fourth-order valence-electron chi connectivity index (χ4n) is 2.98. The third-order valence-electron chi connectivity index (χ3n) is 4.63. The molecule has 8 nitrogen and oxygen atoms in total. The molecular weight excluding hydrogens is 438 g/mol. The second-order valence-electron chi connectivity index (χ2n) is 6.69. The van der Waals surface area contributed by atoms with Crippen molar-refractivity contribution in [2.45, 2.75) is 13.6 Å². The van der Waals surface area contributed by atoms with E-state index in [1.54, 1.807) is 61.4 Å². The number of carbonyl (C=O) groups excluding carboxylic acids is 1. The first kappa shape index (κ1) is 22.8. The Morgan fingerprint density at radius 3 is 2.61 bits per heavy atom. The summed E-state index contributed by atoms with van der Waals surface area (Å²) in [7, 11) is 3.18. The van der Waals surface area contributed by atoms with Crippen LogP contribution >= 0.6 is 23.8 Å². The van der Waals surface area contributed by atoms with Crippen LogP contribution in [0.5, 0.6) is 11.5 Å². The van der Waals surface area contributed by atoms with Gasteiger partial charge in [-0.2, -0.15) is 4.98 Å². The molecule has 1 heterocycles. The Morgan fingerprint density at radius 2 is 1.97 bits per heavy atom. The Morgan fingerprint density at radius 1 is 1.23 bits per heavy atom. The van der Waals surface area contributed by atoms with Gasteiger partial charge >= 0.3 is 0 Å². The van der Waals surface area contributed by atoms with E-state index in [9.17, 15) is 4.79 Å². The lowest BCUT2D eigenvalue weighted by Crippen LogP contribution is -2.35. The van der Waals surface area contributed by atoms with Crippen molar-refractivity contribution < 1.29 is 14.3 Å². The molecule has 2 N–H and O–H groups in total. The van der Waals surface area contributed by atoms with E-state index in [2.05, 4.69) is 15.4 Å². The second-order valence-corrected chi connectivity index (χ2v) is 7.49. The van der Waals surface area contributed by atoms with Crippen molar-refractivity contribution in [1.82, 2.24) is 19.7 Å². The molecule has 0 saturated carbocycles. The Hall–Kier alpha value is -2.88. The highest BCUT2D eigenvalue weighted by Crippen LogP contribution is 2.30. The predicted molar refractivity (Wildman–Crippen MR) is 123 cm³/mol. The first-order chi connectivity index (χ1) is 14.9. The van der Waals surface area contributed by atoms with Crippen LogP contribution in [0.2, 0.25) is 5.02 Å². The van der Waals surface area contributed by atoms with Crippen molar-refractivity contribution in [2.24, 2.45) is 0 Å². The highest BCUT2D eigenvalue weighted by Gasteiger charge is 2.15. The molecule has 0 fully saturated rings. The van der Waals surface area contributed by atoms with Crippen LogP contribution in [0.4, 0.5) is 5.69 Å². The molecule has 31 heavy (non-hydrogen) atoms. The topological polar surface area (TPSA) is 84.4 Å². The molecule has 0 radical (unpaired) electrons. The maximum absolute atomic E-state index is 12.5. The minimum atomic E-state index is -0.130. The van der Waals surface area contributed by atoms with E-state index in [1.165, 1.54) is 0 Å². The summed E-state index contributed by atoms with van der Waals surface area (Å²) in [6.45, 7) is 3.19. The van der Waals surface area contributed by atoms with Crippen LogP contribution in [0.1, 0.15) is 6.92 Å². The van der Waals surface area contributed by atoms with Gasteiger partial charge in [-0.05, 0) is 61.2 Å². The van der Waals surface area contributed by atoms with Crippen molar-refractivity contribution in [3.8, 4) is 22.9 Å². The zero-order valence-electron chi connectivity index (χ0n) is 17.5. The number of amides is 1. The molecule has 3 rings (SSSR count). The number of halogens is 1. The average molecular weight is 462 g/mol. The summed E-state index contributed by atoms with van der Waals surface area (Å²) in [4.78, 5) is 18.8. The van der Waals surface area contributed by atoms with Gasteiger partial charge < -0.3 is 14.8 Å². The van der Waals surface area contributed by atoms with Gasteiger partial charge in [0, 0.05) is 10.7 Å². The fraction of sp³-hybridized carbons (Fsp3) is 0.286. The van der Waals surface area contributed by atoms with Gasteiger partial charge in [-0.25, -0.2) is 4.68 Å². The number of hydrogen-bond acceptors (Lipinski definition) is 6. The highest BCUT2D eigenvalue weighted by atomic mass is 35.5. The molecule has 10 heteroatoms. The van der Waals surface area contributed by atoms with Gasteiger partial charge in [0.2, 0.25) is 10.7 Å². The van der Waals surface area contributed by atoms with Crippen LogP contribution in [-0.4, -0.2) is 52.9 Å². The number of carbonyl (C=O) groups is 1. The molecule has 3 aromatic rings. The summed E-state index contributed by atoms with van der Waals surface area (Å²) in [6, 6.07) is 12.5. The first-order valence-electron chi connectivity index (χ1n) is 9.60. The van der Waals surface area contributed by atoms with Gasteiger partial charge in [0.1, 0.15) is 11.5 Å². The van der Waals surface area contributed by atoms with E-state index >= 15 is 0 Å². The Balaban J connectivity index is 1.70. The molecule has 0 spiro atoms. The van der Waals surface area contributed by atoms with Crippen LogP contribution in [-0.2, 0) is 11.5 Å². The fourth-order valence-corrected chi connectivity index (χ4v) is 3.34. The normalized spacial score (nSPS) is 10.9. The van der Waals surface area contributed by atoms with Gasteiger partial charge in [0.15, 0.2) is 5.82 Å². The number of nitrogens with zero attached hydrogens (tertiary/aromatic N) is 3. The molecule has 0 atom stereocenters. The van der Waals surface area contributed by atoms with Gasteiger partial charge in [0.25, 0.3) is 0 Å². The Kier molecular flexibility index (Phi) is 7.67. The number of H-pyrrole nitrogens is 1. The Bertz CT molecular complexity index is 1100. The standard InChI is InChI=1S/C21H24ClN5O3S/c1-4-26(12-19(28)23-15-6-8-16(29-2)9-7-15)13-27-21(31)24-20(25-27)17-11-14(22)5-10-18(17)30-3/h5-11H,4,12-13H2,1-3H3,(H,23,28)(H,24,25,31). The number of aromatic nitrogens is 3. The Labute approximate surface area is 190 Å². The number of anilines is 1. The van der Waals surface area contributed by atoms with Crippen LogP contribution in [0.25, 0.3) is 11.4 Å². The molecule has 0 aliphatic heterocycles. The zero-order chi connectivity index (χ0) is 22.4. The van der Waals surface area contributed by atoms with Gasteiger partial charge in [-0.15, -0.1) is 0 Å². The summed E-state index contributed by atoms with van der Waals surface area (Å²) >= 11 is 11.5. The zero-order valence-corrected chi connectivity index (χ0v) is 19.1. The van der Waals surface area contributed by atoms with Crippen molar-refractivity contribution in [3.05, 3.63) is 52.3 Å². The average Bonchev–Trinajstić information content (AvgIpc) is 3.13. The molecule has 0 bridgehead atoms. The number of benzene rings is 2. The highest BCUT2D eigenvalue weighted by molar-refractivity contribution is 7.71. The molecule has 164 valence electrons. The van der Waals surface area contributed by atoms with E-state index in [-0.39, 0.29) is 12.5 Å². The van der Waals surface area contributed by atoms with E-state index in [1.807, 2.05) is 11.8 Å². The summed E-state index contributed by atoms with van der Waals surface area (Å²) < 4.78 is 12.6. The van der Waals surface area contributed by atoms with Crippen LogP contribution in [0.3, 0.4) is 0 Å². The quantitative estimate of drug-likeness (QED) is 0.465. The lowest BCUT2D eigenvalue weighted by atomic mass is 10.2. The van der Waals surface area contributed by atoms with Crippen LogP contribution < -0.4 is 14.8 Å². The first-order valence-corrected chi connectivity index (χ1v) is 10.4. The predicted octanol–water partition coefficient (Wildman–Crippen LogP) is 4.20. The number of aromatic amines is 1. The second kappa shape index (κ2) is 10.4. The van der Waals surface area contributed by atoms with Crippen LogP contribution in [0, 0.1) is 4.77 Å². The third-order valence-corrected chi connectivity index (χ3v) is 5.17. The number of ether oxygens (including phenoxy) is 2. The molecule has 0 saturated heterocycles. The molecular formula is C21H24ClN5O3S. The van der Waals surface area contributed by atoms with E-state index in [0.29, 0.717) is 45.8 Å². The van der Waals surface area contributed by atoms with E-state index in [0.717, 1.165) is 5.75 Å². The van der Waals surface area contributed by atoms with Crippen molar-refractivity contribution >= 4 is 35.4 Å². The summed E-state index contributed by atoms with van der Waals surface area (Å²) in [5, 5.41) is 6.62. The minimum Gasteiger partial charge on any atom is -0.497 e. The molecule has 0 unspecified atom stereocenters. The van der Waals surface area contributed by atoms with Crippen molar-refractivity contribution in [2.75, 3.05) is 32.6 Å². The molecule has 1 aromatic heterocycles. The maximum atomic E-state index is 12.5. The van der Waals surface area contributed by atoms with Crippen molar-refractivity contribution in [1.29, 1.82) is 0 Å². The lowest BCUT2D eigenvalue weighted by Gasteiger charge is -2.20. The number of hydrogen-bond donors (Lipinski definition) is 2. The smallest absolute Gasteiger partial charge is 0.238 e. The molecule has 0 aliphatic rings. The van der Waals surface area contributed by atoms with E-state index in [4.69, 9.17) is 33.3 Å². The molecule has 0 aliphatic carbocycles. The largest absolute Gasteiger partial charge is 0.497 e. The SMILES string of the molecule is CCN(CC(=O)Nc1ccc(OC)cc1)Cn1[nH]c(-c2cc(Cl)ccc2OC)nc1=S.